The average Bonchev–Trinajstić information content (AvgIpc) is 3.16. The molecule has 0 atom stereocenters. The summed E-state index contributed by atoms with van der Waals surface area (Å²) >= 11 is 3.46. The van der Waals surface area contributed by atoms with Crippen molar-refractivity contribution in [1.29, 1.82) is 0 Å². The number of methoxy groups -OCH3 is 1. The number of benzene rings is 2. The van der Waals surface area contributed by atoms with Crippen molar-refractivity contribution in [3.63, 3.8) is 0 Å². The third-order valence-electron chi connectivity index (χ3n) is 3.92. The van der Waals surface area contributed by atoms with Gasteiger partial charge >= 0.3 is 0 Å². The molecule has 3 aromatic rings. The van der Waals surface area contributed by atoms with Crippen molar-refractivity contribution in [3.05, 3.63) is 63.6 Å². The maximum atomic E-state index is 12.0. The molecule has 1 amide bonds. The van der Waals surface area contributed by atoms with Gasteiger partial charge in [0.1, 0.15) is 5.75 Å². The number of nitrogens with one attached hydrogen (secondary N) is 1. The molecule has 0 saturated heterocycles. The molecule has 6 nitrogen and oxygen atoms in total. The van der Waals surface area contributed by atoms with Crippen molar-refractivity contribution in [3.8, 4) is 5.75 Å². The number of hydrogen-bond acceptors (Lipinski definition) is 6. The molecule has 2 aromatic carbocycles. The molecule has 3 rings (SSSR count). The average molecular weight is 509 g/mol. The van der Waals surface area contributed by atoms with Crippen LogP contribution < -0.4 is 10.1 Å². The lowest BCUT2D eigenvalue weighted by atomic mass is 10.1. The summed E-state index contributed by atoms with van der Waals surface area (Å²) in [6.07, 6.45) is 2.54. The van der Waals surface area contributed by atoms with Crippen LogP contribution in [0.2, 0.25) is 0 Å². The van der Waals surface area contributed by atoms with Gasteiger partial charge in [0.25, 0.3) is 5.22 Å². The van der Waals surface area contributed by atoms with E-state index in [0.717, 1.165) is 27.8 Å². The standard InChI is InChI=1S/C20H20IN3O3S/c1-26-17-11-5-14(6-12-17)3-2-4-19-23-24-20(27-19)28-13-18(25)22-16-9-7-15(21)8-10-16/h5-12H,2-4,13H2,1H3,(H,22,25). The quantitative estimate of drug-likeness (QED) is 0.336. The largest absolute Gasteiger partial charge is 0.497 e. The van der Waals surface area contributed by atoms with Crippen LogP contribution in [0.25, 0.3) is 0 Å². The topological polar surface area (TPSA) is 77.2 Å². The van der Waals surface area contributed by atoms with Crippen molar-refractivity contribution in [1.82, 2.24) is 10.2 Å². The van der Waals surface area contributed by atoms with Crippen molar-refractivity contribution >= 4 is 45.9 Å². The molecule has 146 valence electrons. The number of carbonyl (C=O) groups is 1. The van der Waals surface area contributed by atoms with Gasteiger partial charge < -0.3 is 14.5 Å². The molecule has 1 N–H and O–H groups in total. The Hall–Kier alpha value is -2.07. The predicted molar refractivity (Wildman–Crippen MR) is 118 cm³/mol. The summed E-state index contributed by atoms with van der Waals surface area (Å²) in [4.78, 5) is 12.0. The fourth-order valence-corrected chi connectivity index (χ4v) is 3.43. The van der Waals surface area contributed by atoms with Gasteiger partial charge in [-0.15, -0.1) is 10.2 Å². The van der Waals surface area contributed by atoms with Crippen molar-refractivity contribution in [2.75, 3.05) is 18.2 Å². The first-order valence-electron chi connectivity index (χ1n) is 8.76. The summed E-state index contributed by atoms with van der Waals surface area (Å²) < 4.78 is 11.9. The smallest absolute Gasteiger partial charge is 0.277 e. The summed E-state index contributed by atoms with van der Waals surface area (Å²) in [5.41, 5.74) is 2.01. The molecule has 0 saturated carbocycles. The van der Waals surface area contributed by atoms with Crippen LogP contribution in [-0.2, 0) is 17.6 Å². The lowest BCUT2D eigenvalue weighted by molar-refractivity contribution is -0.113. The summed E-state index contributed by atoms with van der Waals surface area (Å²) in [7, 11) is 1.66. The highest BCUT2D eigenvalue weighted by atomic mass is 127. The van der Waals surface area contributed by atoms with Crippen LogP contribution in [-0.4, -0.2) is 29.0 Å². The molecule has 0 fully saturated rings. The van der Waals surface area contributed by atoms with Crippen molar-refractivity contribution in [2.24, 2.45) is 0 Å². The normalized spacial score (nSPS) is 10.6. The van der Waals surface area contributed by atoms with Gasteiger partial charge in [-0.25, -0.2) is 0 Å². The fraction of sp³-hybridized carbons (Fsp3) is 0.250. The van der Waals surface area contributed by atoms with E-state index in [2.05, 4.69) is 50.2 Å². The minimum absolute atomic E-state index is 0.106. The molecule has 0 aliphatic heterocycles. The summed E-state index contributed by atoms with van der Waals surface area (Å²) in [5, 5.41) is 11.3. The number of ether oxygens (including phenoxy) is 1. The molecule has 0 radical (unpaired) electrons. The Morgan fingerprint density at radius 2 is 1.86 bits per heavy atom. The monoisotopic (exact) mass is 509 g/mol. The minimum atomic E-state index is -0.106. The zero-order valence-electron chi connectivity index (χ0n) is 15.4. The first kappa shape index (κ1) is 20.7. The van der Waals surface area contributed by atoms with Gasteiger partial charge in [-0.05, 0) is 77.4 Å². The second-order valence-corrected chi connectivity index (χ2v) is 8.18. The van der Waals surface area contributed by atoms with E-state index in [1.165, 1.54) is 17.3 Å². The Morgan fingerprint density at radius 3 is 2.57 bits per heavy atom. The van der Waals surface area contributed by atoms with Crippen molar-refractivity contribution < 1.29 is 13.9 Å². The van der Waals surface area contributed by atoms with Crippen LogP contribution in [0.1, 0.15) is 17.9 Å². The third kappa shape index (κ3) is 6.52. The first-order valence-corrected chi connectivity index (χ1v) is 10.8. The van der Waals surface area contributed by atoms with Gasteiger partial charge in [-0.2, -0.15) is 0 Å². The van der Waals surface area contributed by atoms with Crippen molar-refractivity contribution in [2.45, 2.75) is 24.5 Å². The minimum Gasteiger partial charge on any atom is -0.497 e. The van der Waals surface area contributed by atoms with Crippen LogP contribution in [0.15, 0.2) is 58.2 Å². The Kier molecular flexibility index (Phi) is 7.72. The molecule has 0 aliphatic carbocycles. The number of aromatic nitrogens is 2. The number of thioether (sulfide) groups is 1. The molecule has 28 heavy (non-hydrogen) atoms. The highest BCUT2D eigenvalue weighted by molar-refractivity contribution is 14.1. The van der Waals surface area contributed by atoms with Crippen LogP contribution >= 0.6 is 34.4 Å². The number of carbonyl (C=O) groups excluding carboxylic acids is 1. The lowest BCUT2D eigenvalue weighted by Crippen LogP contribution is -2.13. The first-order chi connectivity index (χ1) is 13.6. The highest BCUT2D eigenvalue weighted by Gasteiger charge is 2.10. The molecular formula is C20H20IN3O3S. The lowest BCUT2D eigenvalue weighted by Gasteiger charge is -2.03. The van der Waals surface area contributed by atoms with Crippen LogP contribution in [0.3, 0.4) is 0 Å². The third-order valence-corrected chi connectivity index (χ3v) is 5.46. The maximum absolute atomic E-state index is 12.0. The van der Waals surface area contributed by atoms with Gasteiger partial charge in [-0.1, -0.05) is 23.9 Å². The van der Waals surface area contributed by atoms with E-state index in [1.54, 1.807) is 7.11 Å². The Labute approximate surface area is 181 Å². The van der Waals surface area contributed by atoms with E-state index in [1.807, 2.05) is 36.4 Å². The van der Waals surface area contributed by atoms with Gasteiger partial charge in [0.2, 0.25) is 11.8 Å². The second-order valence-electron chi connectivity index (χ2n) is 6.01. The summed E-state index contributed by atoms with van der Waals surface area (Å²) in [5.74, 6) is 1.56. The molecule has 0 aliphatic rings. The fourth-order valence-electron chi connectivity index (χ4n) is 2.49. The predicted octanol–water partition coefficient (Wildman–Crippen LogP) is 4.59. The van der Waals surface area contributed by atoms with E-state index >= 15 is 0 Å². The Morgan fingerprint density at radius 1 is 1.11 bits per heavy atom. The second kappa shape index (κ2) is 10.5. The zero-order chi connectivity index (χ0) is 19.8. The number of hydrogen-bond donors (Lipinski definition) is 1. The van der Waals surface area contributed by atoms with E-state index < -0.39 is 0 Å². The highest BCUT2D eigenvalue weighted by Crippen LogP contribution is 2.19. The van der Waals surface area contributed by atoms with Gasteiger partial charge in [0.15, 0.2) is 0 Å². The van der Waals surface area contributed by atoms with Gasteiger partial charge in [-0.3, -0.25) is 4.79 Å². The van der Waals surface area contributed by atoms with E-state index in [4.69, 9.17) is 9.15 Å². The zero-order valence-corrected chi connectivity index (χ0v) is 18.3. The van der Waals surface area contributed by atoms with Gasteiger partial charge in [0, 0.05) is 15.7 Å². The molecule has 1 heterocycles. The molecular weight excluding hydrogens is 489 g/mol. The van der Waals surface area contributed by atoms with Crippen LogP contribution in [0, 0.1) is 3.57 Å². The van der Waals surface area contributed by atoms with Gasteiger partial charge in [0.05, 0.1) is 12.9 Å². The SMILES string of the molecule is COc1ccc(CCCc2nnc(SCC(=O)Nc3ccc(I)cc3)o2)cc1. The van der Waals surface area contributed by atoms with E-state index in [0.29, 0.717) is 17.5 Å². The summed E-state index contributed by atoms with van der Waals surface area (Å²) in [6, 6.07) is 15.7. The molecule has 8 heteroatoms. The summed E-state index contributed by atoms with van der Waals surface area (Å²) in [6.45, 7) is 0. The van der Waals surface area contributed by atoms with Crippen LogP contribution in [0.4, 0.5) is 5.69 Å². The molecule has 0 spiro atoms. The number of amides is 1. The Balaban J connectivity index is 1.39. The maximum Gasteiger partial charge on any atom is 0.277 e. The number of rotatable bonds is 9. The Bertz CT molecular complexity index is 898. The van der Waals surface area contributed by atoms with E-state index in [9.17, 15) is 4.79 Å². The van der Waals surface area contributed by atoms with E-state index in [-0.39, 0.29) is 11.7 Å². The molecule has 1 aromatic heterocycles. The molecule has 0 bridgehead atoms. The number of anilines is 1. The number of nitrogens with zero attached hydrogens (tertiary/aromatic N) is 2. The number of aryl methyl sites for hydroxylation is 2. The van der Waals surface area contributed by atoms with Crippen LogP contribution in [0.5, 0.6) is 5.75 Å². The molecule has 0 unspecified atom stereocenters. The number of halogens is 1.